The molecule has 7 nitrogen and oxygen atoms in total. The van der Waals surface area contributed by atoms with Crippen molar-refractivity contribution < 1.29 is 63.4 Å². The molecule has 4 rings (SSSR count). The van der Waals surface area contributed by atoms with E-state index >= 15 is 0 Å². The van der Waals surface area contributed by atoms with Crippen LogP contribution in [0.2, 0.25) is 0 Å². The van der Waals surface area contributed by atoms with E-state index in [0.717, 1.165) is 25.2 Å². The molecule has 242 valence electrons. The van der Waals surface area contributed by atoms with Crippen molar-refractivity contribution in [2.75, 3.05) is 20.8 Å². The molecular weight excluding hydrogens is 615 g/mol. The van der Waals surface area contributed by atoms with Crippen molar-refractivity contribution in [1.82, 2.24) is 9.55 Å². The zero-order valence-electron chi connectivity index (χ0n) is 23.6. The lowest BCUT2D eigenvalue weighted by molar-refractivity contribution is -0.147. The topological polar surface area (TPSA) is 65.1 Å². The number of halogens is 9. The third-order valence-corrected chi connectivity index (χ3v) is 7.79. The quantitative estimate of drug-likeness (QED) is 0.234. The molecular formula is C28H28F9N2O5+. The highest BCUT2D eigenvalue weighted by Gasteiger charge is 2.62. The molecule has 1 aliphatic carbocycles. The van der Waals surface area contributed by atoms with Gasteiger partial charge in [-0.2, -0.15) is 49.1 Å². The minimum absolute atomic E-state index is 0.0572. The van der Waals surface area contributed by atoms with E-state index in [1.54, 1.807) is 0 Å². The Morgan fingerprint density at radius 1 is 0.864 bits per heavy atom. The Kier molecular flexibility index (Phi) is 8.92. The van der Waals surface area contributed by atoms with Gasteiger partial charge in [-0.1, -0.05) is 6.07 Å². The lowest BCUT2D eigenvalue weighted by Crippen LogP contribution is -2.64. The normalized spacial score (nSPS) is 22.3. The smallest absolute Gasteiger partial charge is 0.453 e. The number of carbonyl (C=O) groups is 2. The summed E-state index contributed by atoms with van der Waals surface area (Å²) in [5.74, 6) is -0.297. The van der Waals surface area contributed by atoms with E-state index in [2.05, 4.69) is 0 Å². The van der Waals surface area contributed by atoms with Gasteiger partial charge in [0.1, 0.15) is 6.04 Å². The molecule has 2 aromatic carbocycles. The Morgan fingerprint density at radius 2 is 1.43 bits per heavy atom. The van der Waals surface area contributed by atoms with Crippen LogP contribution < -0.4 is 4.65 Å². The highest BCUT2D eigenvalue weighted by molar-refractivity contribution is 5.84. The van der Waals surface area contributed by atoms with E-state index in [1.807, 2.05) is 0 Å². The standard InChI is InChI=1S/C28H28F9N2O5/c1-4-44-25(41)39(43-3)22(16-5-6-16)13-21(20-8-7-17(12-23(20)39)26(29,30)31)38(24(40)42-2)14-15-9-18(27(32,33)34)11-19(10-15)28(35,36)37/h7-12,16,21-22H,4-6,13-14H2,1-3H3/q+1/t21?,22-,39-/m1/s1. The maximum atomic E-state index is 13.9. The van der Waals surface area contributed by atoms with Crippen LogP contribution in [0.5, 0.6) is 0 Å². The first-order valence-corrected chi connectivity index (χ1v) is 13.3. The van der Waals surface area contributed by atoms with Crippen LogP contribution in [0.1, 0.15) is 60.0 Å². The number of rotatable bonds is 6. The van der Waals surface area contributed by atoms with Gasteiger partial charge in [0.25, 0.3) is 0 Å². The third-order valence-electron chi connectivity index (χ3n) is 7.79. The number of quaternary nitrogens is 1. The molecule has 1 unspecified atom stereocenters. The van der Waals surface area contributed by atoms with E-state index in [4.69, 9.17) is 14.3 Å². The average molecular weight is 644 g/mol. The molecule has 1 aliphatic heterocycles. The van der Waals surface area contributed by atoms with Gasteiger partial charge in [-0.25, -0.2) is 4.79 Å². The van der Waals surface area contributed by atoms with Gasteiger partial charge in [-0.3, -0.25) is 4.90 Å². The van der Waals surface area contributed by atoms with Gasteiger partial charge < -0.3 is 9.47 Å². The summed E-state index contributed by atoms with van der Waals surface area (Å²) in [6.07, 6.45) is -16.5. The molecule has 44 heavy (non-hydrogen) atoms. The first-order valence-electron chi connectivity index (χ1n) is 13.3. The lowest BCUT2D eigenvalue weighted by atomic mass is 9.86. The molecule has 1 heterocycles. The van der Waals surface area contributed by atoms with Crippen LogP contribution in [0.4, 0.5) is 54.8 Å². The molecule has 0 aromatic heterocycles. The van der Waals surface area contributed by atoms with Gasteiger partial charge in [0.05, 0.1) is 43.6 Å². The summed E-state index contributed by atoms with van der Waals surface area (Å²) in [7, 11) is 2.04. The minimum atomic E-state index is -5.16. The molecule has 0 bridgehead atoms. The van der Waals surface area contributed by atoms with E-state index < -0.39 is 76.2 Å². The SMILES string of the molecule is CCOC(=O)[N@+]1(OC)c2cc(C(F)(F)F)ccc2C(N(Cc2cc(C(F)(F)F)cc(C(F)(F)F)c2)C(=O)OC)C[C@@H]1C1CC1. The lowest BCUT2D eigenvalue weighted by Gasteiger charge is -2.45. The van der Waals surface area contributed by atoms with Gasteiger partial charge in [0.2, 0.25) is 0 Å². The van der Waals surface area contributed by atoms with Crippen molar-refractivity contribution >= 4 is 17.9 Å². The predicted molar refractivity (Wildman–Crippen MR) is 136 cm³/mol. The number of hydrogen-bond acceptors (Lipinski definition) is 5. The maximum Gasteiger partial charge on any atom is 0.555 e. The number of alkyl halides is 9. The zero-order valence-corrected chi connectivity index (χ0v) is 23.6. The van der Waals surface area contributed by atoms with Gasteiger partial charge in [-0.05, 0) is 54.2 Å². The van der Waals surface area contributed by atoms with E-state index in [0.29, 0.717) is 37.1 Å². The second kappa shape index (κ2) is 11.8. The molecule has 3 atom stereocenters. The minimum Gasteiger partial charge on any atom is -0.453 e. The molecule has 2 aliphatic rings. The van der Waals surface area contributed by atoms with Crippen molar-refractivity contribution in [3.05, 3.63) is 64.2 Å². The van der Waals surface area contributed by atoms with Crippen LogP contribution in [-0.2, 0) is 39.4 Å². The molecule has 1 fully saturated rings. The fourth-order valence-electron chi connectivity index (χ4n) is 5.73. The van der Waals surface area contributed by atoms with Crippen molar-refractivity contribution in [1.29, 1.82) is 0 Å². The Labute approximate surface area is 245 Å². The number of benzene rings is 2. The first kappa shape index (κ1) is 33.4. The maximum absolute atomic E-state index is 13.9. The molecule has 1 saturated carbocycles. The highest BCUT2D eigenvalue weighted by Crippen LogP contribution is 2.54. The molecule has 16 heteroatoms. The number of nitrogens with zero attached hydrogens (tertiary/aromatic N) is 2. The summed E-state index contributed by atoms with van der Waals surface area (Å²) in [5.41, 5.74) is -5.33. The fourth-order valence-corrected chi connectivity index (χ4v) is 5.73. The molecule has 0 saturated heterocycles. The monoisotopic (exact) mass is 643 g/mol. The summed E-state index contributed by atoms with van der Waals surface area (Å²) in [6, 6.07) is 1.04. The number of hydrogen-bond donors (Lipinski definition) is 0. The van der Waals surface area contributed by atoms with Crippen LogP contribution >= 0.6 is 0 Å². The van der Waals surface area contributed by atoms with Gasteiger partial charge >= 0.3 is 30.7 Å². The van der Waals surface area contributed by atoms with Gasteiger partial charge in [0, 0.05) is 30.5 Å². The number of methoxy groups -OCH3 is 1. The number of fused-ring (bicyclic) bond motifs is 1. The van der Waals surface area contributed by atoms with Crippen LogP contribution in [0.3, 0.4) is 0 Å². The number of hydroxylamine groups is 2. The van der Waals surface area contributed by atoms with Crippen molar-refractivity contribution in [2.45, 2.75) is 63.3 Å². The molecule has 0 spiro atoms. The highest BCUT2D eigenvalue weighted by atomic mass is 19.4. The number of amides is 2. The van der Waals surface area contributed by atoms with Gasteiger partial charge in [0.15, 0.2) is 5.69 Å². The Hall–Kier alpha value is -3.53. The van der Waals surface area contributed by atoms with Crippen LogP contribution in [0, 0.1) is 5.92 Å². The Morgan fingerprint density at radius 3 is 1.89 bits per heavy atom. The van der Waals surface area contributed by atoms with Crippen molar-refractivity contribution in [2.24, 2.45) is 5.92 Å². The predicted octanol–water partition coefficient (Wildman–Crippen LogP) is 8.26. The van der Waals surface area contributed by atoms with E-state index in [1.165, 1.54) is 6.92 Å². The van der Waals surface area contributed by atoms with Gasteiger partial charge in [-0.15, -0.1) is 0 Å². The molecule has 2 aromatic rings. The largest absolute Gasteiger partial charge is 0.555 e. The number of carbonyl (C=O) groups excluding carboxylic acids is 2. The first-order chi connectivity index (χ1) is 20.4. The fraction of sp³-hybridized carbons (Fsp3) is 0.500. The Bertz CT molecular complexity index is 1370. The van der Waals surface area contributed by atoms with Crippen LogP contribution in [-0.4, -0.2) is 44.0 Å². The van der Waals surface area contributed by atoms with Crippen LogP contribution in [0.15, 0.2) is 36.4 Å². The molecule has 2 amide bonds. The Balaban J connectivity index is 1.94. The van der Waals surface area contributed by atoms with E-state index in [-0.39, 0.29) is 36.3 Å². The second-order valence-corrected chi connectivity index (χ2v) is 10.5. The summed E-state index contributed by atoms with van der Waals surface area (Å²) in [4.78, 5) is 33.1. The summed E-state index contributed by atoms with van der Waals surface area (Å²) in [5, 5.41) is 0. The second-order valence-electron chi connectivity index (χ2n) is 10.5. The van der Waals surface area contributed by atoms with Crippen LogP contribution in [0.25, 0.3) is 0 Å². The molecule has 0 radical (unpaired) electrons. The zero-order chi connectivity index (χ0) is 32.8. The number of ether oxygens (including phenoxy) is 2. The third kappa shape index (κ3) is 6.32. The summed E-state index contributed by atoms with van der Waals surface area (Å²) in [6.45, 7) is 0.497. The van der Waals surface area contributed by atoms with E-state index in [9.17, 15) is 49.1 Å². The average Bonchev–Trinajstić information content (AvgIpc) is 3.78. The molecule has 0 N–H and O–H groups in total. The van der Waals surface area contributed by atoms with Crippen molar-refractivity contribution in [3.63, 3.8) is 0 Å². The van der Waals surface area contributed by atoms with Crippen molar-refractivity contribution in [3.8, 4) is 0 Å². The summed E-state index contributed by atoms with van der Waals surface area (Å²) < 4.78 is 132. The summed E-state index contributed by atoms with van der Waals surface area (Å²) >= 11 is 0.